The second kappa shape index (κ2) is 9.06. The van der Waals surface area contributed by atoms with E-state index in [1.54, 1.807) is 18.5 Å². The average Bonchev–Trinajstić information content (AvgIpc) is 3.54. The van der Waals surface area contributed by atoms with Gasteiger partial charge in [0.2, 0.25) is 5.91 Å². The lowest BCUT2D eigenvalue weighted by atomic mass is 10.1. The Hall–Kier alpha value is -4.46. The van der Waals surface area contributed by atoms with Gasteiger partial charge in [-0.3, -0.25) is 9.59 Å². The van der Waals surface area contributed by atoms with Gasteiger partial charge in [0.15, 0.2) is 5.82 Å². The molecule has 5 rings (SSSR count). The van der Waals surface area contributed by atoms with Crippen molar-refractivity contribution in [1.29, 1.82) is 0 Å². The van der Waals surface area contributed by atoms with E-state index in [2.05, 4.69) is 10.4 Å². The number of benzene rings is 2. The van der Waals surface area contributed by atoms with Gasteiger partial charge in [0.05, 0.1) is 11.4 Å². The molecular formula is C27H26N6O2. The van der Waals surface area contributed by atoms with Gasteiger partial charge in [-0.25, -0.2) is 9.36 Å². The fourth-order valence-electron chi connectivity index (χ4n) is 4.20. The summed E-state index contributed by atoms with van der Waals surface area (Å²) in [6, 6.07) is 20.5. The number of amides is 1. The lowest BCUT2D eigenvalue weighted by Gasteiger charge is -2.16. The summed E-state index contributed by atoms with van der Waals surface area (Å²) < 4.78 is 4.86. The van der Waals surface area contributed by atoms with Crippen LogP contribution < -0.4 is 10.9 Å². The van der Waals surface area contributed by atoms with Crippen molar-refractivity contribution in [1.82, 2.24) is 29.4 Å². The Bertz CT molecular complexity index is 1570. The number of aromatic nitrogens is 5. The van der Waals surface area contributed by atoms with Crippen LogP contribution in [0.15, 0.2) is 83.9 Å². The molecule has 35 heavy (non-hydrogen) atoms. The first-order valence-corrected chi connectivity index (χ1v) is 11.5. The number of aryl methyl sites for hydroxylation is 2. The molecule has 0 aliphatic heterocycles. The molecule has 0 spiro atoms. The topological polar surface area (TPSA) is 86.7 Å². The molecule has 5 aromatic rings. The van der Waals surface area contributed by atoms with Crippen LogP contribution in [0.25, 0.3) is 22.4 Å². The molecule has 0 saturated heterocycles. The highest BCUT2D eigenvalue weighted by molar-refractivity contribution is 5.88. The van der Waals surface area contributed by atoms with Crippen molar-refractivity contribution in [3.05, 3.63) is 106 Å². The number of carbonyl (C=O) groups is 1. The highest BCUT2D eigenvalue weighted by Gasteiger charge is 2.25. The summed E-state index contributed by atoms with van der Waals surface area (Å²) in [5.41, 5.74) is 3.65. The van der Waals surface area contributed by atoms with Gasteiger partial charge < -0.3 is 9.88 Å². The van der Waals surface area contributed by atoms with Crippen LogP contribution in [0.2, 0.25) is 0 Å². The molecule has 8 nitrogen and oxygen atoms in total. The van der Waals surface area contributed by atoms with Gasteiger partial charge in [0, 0.05) is 18.9 Å². The van der Waals surface area contributed by atoms with Gasteiger partial charge in [-0.15, -0.1) is 0 Å². The molecule has 1 atom stereocenters. The predicted octanol–water partition coefficient (Wildman–Crippen LogP) is 3.87. The number of nitrogens with zero attached hydrogens (tertiary/aromatic N) is 5. The number of rotatable bonds is 6. The number of carbonyl (C=O) groups excluding carboxylic acids is 1. The Balaban J connectivity index is 1.59. The number of fused-ring (bicyclic) bond motifs is 1. The molecule has 8 heteroatoms. The quantitative estimate of drug-likeness (QED) is 0.412. The van der Waals surface area contributed by atoms with E-state index < -0.39 is 6.04 Å². The maximum absolute atomic E-state index is 13.8. The Kier molecular flexibility index (Phi) is 5.78. The normalized spacial score (nSPS) is 12.1. The van der Waals surface area contributed by atoms with Crippen LogP contribution in [0.5, 0.6) is 0 Å². The lowest BCUT2D eigenvalue weighted by Crippen LogP contribution is -2.37. The van der Waals surface area contributed by atoms with Gasteiger partial charge in [-0.2, -0.15) is 10.2 Å². The van der Waals surface area contributed by atoms with Crippen LogP contribution in [0.1, 0.15) is 29.8 Å². The van der Waals surface area contributed by atoms with Crippen LogP contribution in [-0.2, 0) is 11.3 Å². The van der Waals surface area contributed by atoms with Gasteiger partial charge in [-0.1, -0.05) is 42.5 Å². The minimum atomic E-state index is -0.799. The standard InChI is InChI=1S/C27H26N6O2/c1-18-11-7-8-12-21(18)17-28-25(34)20(3)32-27(35)23-24(19(2)29-32)30-33(22-13-5-4-6-14-22)26(23)31-15-9-10-16-31/h4-16,20H,17H2,1-3H3,(H,28,34). The maximum atomic E-state index is 13.8. The van der Waals surface area contributed by atoms with E-state index >= 15 is 0 Å². The van der Waals surface area contributed by atoms with E-state index in [0.29, 0.717) is 29.0 Å². The number of para-hydroxylation sites is 1. The molecule has 3 heterocycles. The molecule has 3 aromatic heterocycles. The number of nitrogens with one attached hydrogen (secondary N) is 1. The molecule has 0 aliphatic carbocycles. The molecular weight excluding hydrogens is 440 g/mol. The maximum Gasteiger partial charge on any atom is 0.280 e. The summed E-state index contributed by atoms with van der Waals surface area (Å²) in [5, 5.41) is 12.6. The molecule has 176 valence electrons. The average molecular weight is 467 g/mol. The molecule has 0 bridgehead atoms. The SMILES string of the molecule is Cc1ccccc1CNC(=O)C(C)n1nc(C)c2nn(-c3ccccc3)c(-n3cccc3)c2c1=O. The predicted molar refractivity (Wildman–Crippen MR) is 135 cm³/mol. The molecule has 0 fully saturated rings. The number of hydrogen-bond acceptors (Lipinski definition) is 4. The molecule has 1 N–H and O–H groups in total. The summed E-state index contributed by atoms with van der Waals surface area (Å²) >= 11 is 0. The van der Waals surface area contributed by atoms with Crippen LogP contribution in [-0.4, -0.2) is 30.0 Å². The zero-order valence-electron chi connectivity index (χ0n) is 19.8. The van der Waals surface area contributed by atoms with E-state index in [9.17, 15) is 9.59 Å². The van der Waals surface area contributed by atoms with Crippen molar-refractivity contribution >= 4 is 16.8 Å². The Morgan fingerprint density at radius 2 is 1.63 bits per heavy atom. The van der Waals surface area contributed by atoms with E-state index in [4.69, 9.17) is 5.10 Å². The van der Waals surface area contributed by atoms with Gasteiger partial charge >= 0.3 is 0 Å². The third kappa shape index (κ3) is 4.03. The van der Waals surface area contributed by atoms with Gasteiger partial charge in [-0.05, 0) is 56.2 Å². The van der Waals surface area contributed by atoms with Crippen molar-refractivity contribution < 1.29 is 4.79 Å². The van der Waals surface area contributed by atoms with Crippen LogP contribution >= 0.6 is 0 Å². The van der Waals surface area contributed by atoms with E-state index in [0.717, 1.165) is 16.8 Å². The minimum absolute atomic E-state index is 0.278. The van der Waals surface area contributed by atoms with Crippen molar-refractivity contribution in [3.8, 4) is 11.5 Å². The highest BCUT2D eigenvalue weighted by Crippen LogP contribution is 2.25. The first-order valence-electron chi connectivity index (χ1n) is 11.5. The second-order valence-electron chi connectivity index (χ2n) is 8.54. The van der Waals surface area contributed by atoms with Crippen LogP contribution in [0.4, 0.5) is 0 Å². The summed E-state index contributed by atoms with van der Waals surface area (Å²) in [6.45, 7) is 5.87. The molecule has 1 unspecified atom stereocenters. The molecule has 0 radical (unpaired) electrons. The van der Waals surface area contributed by atoms with Crippen molar-refractivity contribution in [2.24, 2.45) is 0 Å². The van der Waals surface area contributed by atoms with Crippen molar-refractivity contribution in [3.63, 3.8) is 0 Å². The molecule has 0 aliphatic rings. The van der Waals surface area contributed by atoms with Crippen molar-refractivity contribution in [2.75, 3.05) is 0 Å². The fourth-order valence-corrected chi connectivity index (χ4v) is 4.20. The van der Waals surface area contributed by atoms with E-state index in [1.807, 2.05) is 90.6 Å². The summed E-state index contributed by atoms with van der Waals surface area (Å²) in [5.74, 6) is 0.326. The van der Waals surface area contributed by atoms with E-state index in [1.165, 1.54) is 4.68 Å². The molecule has 2 aromatic carbocycles. The summed E-state index contributed by atoms with van der Waals surface area (Å²) in [6.07, 6.45) is 3.74. The molecule has 0 saturated carbocycles. The zero-order chi connectivity index (χ0) is 24.5. The Morgan fingerprint density at radius 3 is 2.34 bits per heavy atom. The number of hydrogen-bond donors (Lipinski definition) is 1. The highest BCUT2D eigenvalue weighted by atomic mass is 16.2. The van der Waals surface area contributed by atoms with Gasteiger partial charge in [0.1, 0.15) is 16.9 Å². The third-order valence-electron chi connectivity index (χ3n) is 6.19. The second-order valence-corrected chi connectivity index (χ2v) is 8.54. The largest absolute Gasteiger partial charge is 0.350 e. The zero-order valence-corrected chi connectivity index (χ0v) is 19.8. The first-order chi connectivity index (χ1) is 17.0. The smallest absolute Gasteiger partial charge is 0.280 e. The van der Waals surface area contributed by atoms with Gasteiger partial charge in [0.25, 0.3) is 5.56 Å². The Labute approximate surface area is 202 Å². The first kappa shape index (κ1) is 22.3. The Morgan fingerprint density at radius 1 is 0.943 bits per heavy atom. The van der Waals surface area contributed by atoms with Crippen LogP contribution in [0, 0.1) is 13.8 Å². The van der Waals surface area contributed by atoms with Crippen LogP contribution in [0.3, 0.4) is 0 Å². The monoisotopic (exact) mass is 466 g/mol. The molecule has 1 amide bonds. The van der Waals surface area contributed by atoms with Crippen molar-refractivity contribution in [2.45, 2.75) is 33.4 Å². The summed E-state index contributed by atoms with van der Waals surface area (Å²) in [4.78, 5) is 26.8. The lowest BCUT2D eigenvalue weighted by molar-refractivity contribution is -0.124. The summed E-state index contributed by atoms with van der Waals surface area (Å²) in [7, 11) is 0. The fraction of sp³-hybridized carbons (Fsp3) is 0.185. The van der Waals surface area contributed by atoms with E-state index in [-0.39, 0.29) is 11.5 Å². The third-order valence-corrected chi connectivity index (χ3v) is 6.19. The minimum Gasteiger partial charge on any atom is -0.350 e.